The smallest absolute Gasteiger partial charge is 0.110 e. The Bertz CT molecular complexity index is 278. The minimum absolute atomic E-state index is 0.121. The minimum Gasteiger partial charge on any atom is -0.322 e. The molecule has 1 unspecified atom stereocenters. The Labute approximate surface area is 84.2 Å². The van der Waals surface area contributed by atoms with Crippen LogP contribution in [0, 0.1) is 6.92 Å². The molecule has 0 aromatic carbocycles. The molecule has 74 valence electrons. The molecule has 13 heavy (non-hydrogen) atoms. The molecule has 0 saturated carbocycles. The zero-order valence-corrected chi connectivity index (χ0v) is 9.61. The summed E-state index contributed by atoms with van der Waals surface area (Å²) in [5.41, 5.74) is 7.14. The van der Waals surface area contributed by atoms with Gasteiger partial charge in [0, 0.05) is 4.88 Å². The molecule has 1 aromatic rings. The van der Waals surface area contributed by atoms with Crippen molar-refractivity contribution in [3.05, 3.63) is 15.6 Å². The summed E-state index contributed by atoms with van der Waals surface area (Å²) < 4.78 is 0. The quantitative estimate of drug-likeness (QED) is 0.811. The van der Waals surface area contributed by atoms with Crippen molar-refractivity contribution in [2.45, 2.75) is 46.1 Å². The Morgan fingerprint density at radius 2 is 2.08 bits per heavy atom. The van der Waals surface area contributed by atoms with Crippen molar-refractivity contribution in [2.24, 2.45) is 5.73 Å². The number of aryl methyl sites for hydroxylation is 1. The van der Waals surface area contributed by atoms with Crippen LogP contribution in [0.25, 0.3) is 0 Å². The Morgan fingerprint density at radius 1 is 1.46 bits per heavy atom. The summed E-state index contributed by atoms with van der Waals surface area (Å²) in [6, 6.07) is 0.121. The van der Waals surface area contributed by atoms with Gasteiger partial charge >= 0.3 is 0 Å². The molecule has 1 heterocycles. The van der Waals surface area contributed by atoms with Crippen molar-refractivity contribution in [1.82, 2.24) is 4.98 Å². The summed E-state index contributed by atoms with van der Waals surface area (Å²) >= 11 is 1.74. The molecule has 0 spiro atoms. The van der Waals surface area contributed by atoms with Gasteiger partial charge in [-0.25, -0.2) is 4.98 Å². The molecule has 2 N–H and O–H groups in total. The van der Waals surface area contributed by atoms with E-state index in [-0.39, 0.29) is 6.04 Å². The van der Waals surface area contributed by atoms with Gasteiger partial charge in [-0.15, -0.1) is 11.3 Å². The Kier molecular flexibility index (Phi) is 3.45. The highest BCUT2D eigenvalue weighted by Crippen LogP contribution is 2.27. The third-order valence-electron chi connectivity index (χ3n) is 2.15. The van der Waals surface area contributed by atoms with Crippen LogP contribution in [0.3, 0.4) is 0 Å². The zero-order valence-electron chi connectivity index (χ0n) is 8.79. The molecule has 0 saturated heterocycles. The van der Waals surface area contributed by atoms with Gasteiger partial charge in [0.15, 0.2) is 0 Å². The predicted octanol–water partition coefficient (Wildman–Crippen LogP) is 2.98. The Hall–Kier alpha value is -0.410. The Balaban J connectivity index is 2.95. The number of hydrogen-bond acceptors (Lipinski definition) is 3. The summed E-state index contributed by atoms with van der Waals surface area (Å²) in [7, 11) is 0. The van der Waals surface area contributed by atoms with Crippen molar-refractivity contribution >= 4 is 11.3 Å². The second-order valence-corrected chi connectivity index (χ2v) is 4.90. The molecule has 3 heteroatoms. The predicted molar refractivity (Wildman–Crippen MR) is 58.2 cm³/mol. The molecule has 0 aliphatic rings. The highest BCUT2D eigenvalue weighted by atomic mass is 32.1. The van der Waals surface area contributed by atoms with Crippen molar-refractivity contribution in [2.75, 3.05) is 0 Å². The fourth-order valence-electron chi connectivity index (χ4n) is 1.30. The number of nitrogens with two attached hydrogens (primary N) is 1. The molecule has 2 nitrogen and oxygen atoms in total. The third-order valence-corrected chi connectivity index (χ3v) is 3.27. The van der Waals surface area contributed by atoms with Crippen molar-refractivity contribution in [1.29, 1.82) is 0 Å². The first-order chi connectivity index (χ1) is 6.06. The summed E-state index contributed by atoms with van der Waals surface area (Å²) in [6.07, 6.45) is 0.963. The standard InChI is InChI=1S/C10H18N2S/c1-5-8(11)10-12-9(6(2)3)7(4)13-10/h6,8H,5,11H2,1-4H3. The summed E-state index contributed by atoms with van der Waals surface area (Å²) in [5.74, 6) is 0.508. The third kappa shape index (κ3) is 2.29. The highest BCUT2D eigenvalue weighted by molar-refractivity contribution is 7.11. The van der Waals surface area contributed by atoms with Gasteiger partial charge in [0.2, 0.25) is 0 Å². The van der Waals surface area contributed by atoms with Gasteiger partial charge < -0.3 is 5.73 Å². The maximum Gasteiger partial charge on any atom is 0.110 e. The van der Waals surface area contributed by atoms with Crippen LogP contribution in [0.1, 0.15) is 54.7 Å². The molecule has 1 aromatic heterocycles. The topological polar surface area (TPSA) is 38.9 Å². The summed E-state index contributed by atoms with van der Waals surface area (Å²) in [4.78, 5) is 5.89. The summed E-state index contributed by atoms with van der Waals surface area (Å²) in [5, 5.41) is 1.09. The molecule has 1 rings (SSSR count). The first-order valence-corrected chi connectivity index (χ1v) is 5.60. The van der Waals surface area contributed by atoms with Crippen LogP contribution < -0.4 is 5.73 Å². The van der Waals surface area contributed by atoms with Crippen molar-refractivity contribution in [3.63, 3.8) is 0 Å². The van der Waals surface area contributed by atoms with Gasteiger partial charge in [-0.3, -0.25) is 0 Å². The fraction of sp³-hybridized carbons (Fsp3) is 0.700. The van der Waals surface area contributed by atoms with E-state index in [1.54, 1.807) is 11.3 Å². The van der Waals surface area contributed by atoms with Gasteiger partial charge in [-0.2, -0.15) is 0 Å². The molecule has 0 aliphatic carbocycles. The lowest BCUT2D eigenvalue weighted by Crippen LogP contribution is -2.08. The molecular weight excluding hydrogens is 180 g/mol. The number of aromatic nitrogens is 1. The summed E-state index contributed by atoms with van der Waals surface area (Å²) in [6.45, 7) is 8.56. The monoisotopic (exact) mass is 198 g/mol. The highest BCUT2D eigenvalue weighted by Gasteiger charge is 2.14. The van der Waals surface area contributed by atoms with Crippen LogP contribution in [0.4, 0.5) is 0 Å². The van der Waals surface area contributed by atoms with E-state index in [0.29, 0.717) is 5.92 Å². The van der Waals surface area contributed by atoms with Crippen LogP contribution in [0.5, 0.6) is 0 Å². The van der Waals surface area contributed by atoms with E-state index in [1.807, 2.05) is 0 Å². The van der Waals surface area contributed by atoms with Crippen LogP contribution in [0.15, 0.2) is 0 Å². The molecule has 0 radical (unpaired) electrons. The van der Waals surface area contributed by atoms with E-state index >= 15 is 0 Å². The molecule has 0 fully saturated rings. The number of thiazole rings is 1. The largest absolute Gasteiger partial charge is 0.322 e. The molecule has 0 bridgehead atoms. The lowest BCUT2D eigenvalue weighted by molar-refractivity contribution is 0.683. The average Bonchev–Trinajstić information content (AvgIpc) is 2.46. The minimum atomic E-state index is 0.121. The van der Waals surface area contributed by atoms with Crippen LogP contribution in [-0.2, 0) is 0 Å². The molecule has 1 atom stereocenters. The first kappa shape index (κ1) is 10.7. The van der Waals surface area contributed by atoms with E-state index < -0.39 is 0 Å². The molecular formula is C10H18N2S. The fourth-order valence-corrected chi connectivity index (χ4v) is 2.46. The van der Waals surface area contributed by atoms with E-state index in [1.165, 1.54) is 10.6 Å². The van der Waals surface area contributed by atoms with Crippen LogP contribution >= 0.6 is 11.3 Å². The normalized spacial score (nSPS) is 13.7. The maximum absolute atomic E-state index is 5.92. The van der Waals surface area contributed by atoms with E-state index in [9.17, 15) is 0 Å². The SMILES string of the molecule is CCC(N)c1nc(C(C)C)c(C)s1. The Morgan fingerprint density at radius 3 is 2.46 bits per heavy atom. The van der Waals surface area contributed by atoms with E-state index in [2.05, 4.69) is 32.7 Å². The van der Waals surface area contributed by atoms with Gasteiger partial charge in [-0.1, -0.05) is 20.8 Å². The number of nitrogens with zero attached hydrogens (tertiary/aromatic N) is 1. The van der Waals surface area contributed by atoms with Crippen LogP contribution in [0.2, 0.25) is 0 Å². The molecule has 0 amide bonds. The van der Waals surface area contributed by atoms with Gasteiger partial charge in [0.05, 0.1) is 11.7 Å². The van der Waals surface area contributed by atoms with E-state index in [4.69, 9.17) is 5.73 Å². The van der Waals surface area contributed by atoms with Gasteiger partial charge in [0.25, 0.3) is 0 Å². The zero-order chi connectivity index (χ0) is 10.0. The van der Waals surface area contributed by atoms with Crippen molar-refractivity contribution in [3.8, 4) is 0 Å². The van der Waals surface area contributed by atoms with Gasteiger partial charge in [0.1, 0.15) is 5.01 Å². The van der Waals surface area contributed by atoms with Crippen LogP contribution in [-0.4, -0.2) is 4.98 Å². The average molecular weight is 198 g/mol. The van der Waals surface area contributed by atoms with E-state index in [0.717, 1.165) is 11.4 Å². The molecule has 0 aliphatic heterocycles. The lowest BCUT2D eigenvalue weighted by Gasteiger charge is -2.03. The maximum atomic E-state index is 5.92. The van der Waals surface area contributed by atoms with Crippen molar-refractivity contribution < 1.29 is 0 Å². The number of hydrogen-bond donors (Lipinski definition) is 1. The second-order valence-electron chi connectivity index (χ2n) is 3.66. The lowest BCUT2D eigenvalue weighted by atomic mass is 10.1. The van der Waals surface area contributed by atoms with Gasteiger partial charge in [-0.05, 0) is 19.3 Å². The first-order valence-electron chi connectivity index (χ1n) is 4.79. The number of rotatable bonds is 3. The second kappa shape index (κ2) is 4.20.